The Morgan fingerprint density at radius 3 is 2.86 bits per heavy atom. The van der Waals surface area contributed by atoms with Crippen LogP contribution in [0.1, 0.15) is 31.2 Å². The molecule has 1 aromatic rings. The number of rotatable bonds is 4. The van der Waals surface area contributed by atoms with Crippen LogP contribution >= 0.6 is 0 Å². The molecule has 2 heterocycles. The van der Waals surface area contributed by atoms with E-state index < -0.39 is 10.0 Å². The number of aromatic nitrogens is 1. The molecule has 22 heavy (non-hydrogen) atoms. The van der Waals surface area contributed by atoms with Gasteiger partial charge in [-0.15, -0.1) is 0 Å². The summed E-state index contributed by atoms with van der Waals surface area (Å²) in [4.78, 5) is 6.18. The molecule has 2 aliphatic rings. The second-order valence-electron chi connectivity index (χ2n) is 6.01. The van der Waals surface area contributed by atoms with Crippen LogP contribution < -0.4 is 4.90 Å². The van der Waals surface area contributed by atoms with E-state index in [1.165, 1.54) is 0 Å². The molecule has 2 fully saturated rings. The Bertz CT molecular complexity index is 694. The average molecular weight is 320 g/mol. The van der Waals surface area contributed by atoms with Crippen molar-refractivity contribution in [3.05, 3.63) is 24.0 Å². The van der Waals surface area contributed by atoms with Gasteiger partial charge in [-0.05, 0) is 31.7 Å². The summed E-state index contributed by atoms with van der Waals surface area (Å²) in [5.74, 6) is 0. The summed E-state index contributed by atoms with van der Waals surface area (Å²) in [6, 6.07) is 3.84. The molecule has 0 aromatic carbocycles. The lowest BCUT2D eigenvalue weighted by Gasteiger charge is -2.38. The maximum Gasteiger partial charge on any atom is 0.217 e. The molecule has 3 rings (SSSR count). The Morgan fingerprint density at radius 1 is 1.41 bits per heavy atom. The van der Waals surface area contributed by atoms with Gasteiger partial charge in [0.2, 0.25) is 10.0 Å². The Labute approximate surface area is 131 Å². The van der Waals surface area contributed by atoms with Crippen molar-refractivity contribution < 1.29 is 8.42 Å². The van der Waals surface area contributed by atoms with E-state index in [2.05, 4.69) is 16.0 Å². The zero-order chi connectivity index (χ0) is 15.7. The lowest BCUT2D eigenvalue weighted by atomic mass is 10.0. The van der Waals surface area contributed by atoms with Gasteiger partial charge in [0.25, 0.3) is 0 Å². The quantitative estimate of drug-likeness (QED) is 0.837. The number of likely N-dealkylation sites (N-methyl/N-ethyl adjacent to an activating group) is 1. The number of piperidine rings is 1. The standard InChI is InChI=1S/C15H20N4O2S/c1-18(22(20,21)14-4-5-14)13-3-2-8-19(11-13)15-10-17-7-6-12(15)9-16/h6-7,10,13-14H,2-5,8,11H2,1H3. The van der Waals surface area contributed by atoms with Crippen molar-refractivity contribution in [1.29, 1.82) is 5.26 Å². The van der Waals surface area contributed by atoms with Crippen LogP contribution in [0.3, 0.4) is 0 Å². The molecule has 7 heteroatoms. The van der Waals surface area contributed by atoms with Crippen molar-refractivity contribution in [3.8, 4) is 6.07 Å². The van der Waals surface area contributed by atoms with E-state index in [1.54, 1.807) is 29.8 Å². The van der Waals surface area contributed by atoms with E-state index in [1.807, 2.05) is 0 Å². The van der Waals surface area contributed by atoms with Crippen LogP contribution in [0.15, 0.2) is 18.5 Å². The third-order valence-corrected chi connectivity index (χ3v) is 6.93. The molecule has 1 saturated carbocycles. The number of sulfonamides is 1. The average Bonchev–Trinajstić information content (AvgIpc) is 3.39. The maximum atomic E-state index is 12.4. The third-order valence-electron chi connectivity index (χ3n) is 4.52. The topological polar surface area (TPSA) is 77.3 Å². The summed E-state index contributed by atoms with van der Waals surface area (Å²) in [5, 5.41) is 9.04. The summed E-state index contributed by atoms with van der Waals surface area (Å²) in [6.07, 6.45) is 6.63. The lowest BCUT2D eigenvalue weighted by molar-refractivity contribution is 0.319. The van der Waals surface area contributed by atoms with Crippen LogP contribution in [0, 0.1) is 11.3 Å². The molecule has 0 N–H and O–H groups in total. The molecule has 0 amide bonds. The minimum atomic E-state index is -3.16. The Balaban J connectivity index is 1.78. The molecular weight excluding hydrogens is 300 g/mol. The molecule has 0 spiro atoms. The molecule has 118 valence electrons. The highest BCUT2D eigenvalue weighted by molar-refractivity contribution is 7.90. The van der Waals surface area contributed by atoms with Crippen molar-refractivity contribution >= 4 is 15.7 Å². The van der Waals surface area contributed by atoms with Gasteiger partial charge < -0.3 is 4.90 Å². The zero-order valence-electron chi connectivity index (χ0n) is 12.6. The third kappa shape index (κ3) is 2.81. The molecule has 1 atom stereocenters. The van der Waals surface area contributed by atoms with E-state index >= 15 is 0 Å². The lowest BCUT2D eigenvalue weighted by Crippen LogP contribution is -2.49. The summed E-state index contributed by atoms with van der Waals surface area (Å²) in [7, 11) is -1.47. The van der Waals surface area contributed by atoms with Crippen LogP contribution in [0.5, 0.6) is 0 Å². The molecule has 6 nitrogen and oxygen atoms in total. The van der Waals surface area contributed by atoms with Crippen molar-refractivity contribution in [2.45, 2.75) is 37.0 Å². The van der Waals surface area contributed by atoms with E-state index in [4.69, 9.17) is 0 Å². The van der Waals surface area contributed by atoms with Crippen LogP contribution in [0.25, 0.3) is 0 Å². The highest BCUT2D eigenvalue weighted by atomic mass is 32.2. The van der Waals surface area contributed by atoms with E-state index in [-0.39, 0.29) is 11.3 Å². The van der Waals surface area contributed by atoms with Gasteiger partial charge in [-0.1, -0.05) is 0 Å². The fourth-order valence-electron chi connectivity index (χ4n) is 3.01. The number of pyridine rings is 1. The summed E-state index contributed by atoms with van der Waals surface area (Å²) >= 11 is 0. The monoisotopic (exact) mass is 320 g/mol. The van der Waals surface area contributed by atoms with Crippen LogP contribution in [-0.4, -0.2) is 49.1 Å². The molecular formula is C15H20N4O2S. The molecule has 1 saturated heterocycles. The summed E-state index contributed by atoms with van der Waals surface area (Å²) in [5.41, 5.74) is 1.38. The predicted molar refractivity (Wildman–Crippen MR) is 83.9 cm³/mol. The van der Waals surface area contributed by atoms with Crippen LogP contribution in [-0.2, 0) is 10.0 Å². The molecule has 0 radical (unpaired) electrons. The van der Waals surface area contributed by atoms with Crippen LogP contribution in [0.4, 0.5) is 5.69 Å². The number of anilines is 1. The van der Waals surface area contributed by atoms with Gasteiger partial charge in [-0.2, -0.15) is 9.57 Å². The fraction of sp³-hybridized carbons (Fsp3) is 0.600. The highest BCUT2D eigenvalue weighted by Gasteiger charge is 2.41. The van der Waals surface area contributed by atoms with Gasteiger partial charge >= 0.3 is 0 Å². The van der Waals surface area contributed by atoms with Gasteiger partial charge in [-0.3, -0.25) is 4.98 Å². The van der Waals surface area contributed by atoms with Gasteiger partial charge in [0.15, 0.2) is 0 Å². The number of hydrogen-bond donors (Lipinski definition) is 0. The first-order chi connectivity index (χ1) is 10.5. The molecule has 1 aliphatic carbocycles. The zero-order valence-corrected chi connectivity index (χ0v) is 13.5. The Hall–Kier alpha value is -1.65. The van der Waals surface area contributed by atoms with E-state index in [0.717, 1.165) is 37.9 Å². The largest absolute Gasteiger partial charge is 0.368 e. The van der Waals surface area contributed by atoms with Crippen molar-refractivity contribution in [1.82, 2.24) is 9.29 Å². The molecule has 0 bridgehead atoms. The first kappa shape index (κ1) is 15.3. The number of nitrogens with zero attached hydrogens (tertiary/aromatic N) is 4. The predicted octanol–water partition coefficient (Wildman–Crippen LogP) is 1.35. The second-order valence-corrected chi connectivity index (χ2v) is 8.28. The minimum Gasteiger partial charge on any atom is -0.368 e. The molecule has 1 aromatic heterocycles. The Morgan fingerprint density at radius 2 is 2.18 bits per heavy atom. The SMILES string of the molecule is CN(C1CCCN(c2cnccc2C#N)C1)S(=O)(=O)C1CC1. The molecule has 1 aliphatic heterocycles. The smallest absolute Gasteiger partial charge is 0.217 e. The minimum absolute atomic E-state index is 0.0360. The summed E-state index contributed by atoms with van der Waals surface area (Å²) < 4.78 is 26.4. The van der Waals surface area contributed by atoms with Gasteiger partial charge in [0.1, 0.15) is 6.07 Å². The first-order valence-corrected chi connectivity index (χ1v) is 9.10. The van der Waals surface area contributed by atoms with Crippen LogP contribution in [0.2, 0.25) is 0 Å². The normalized spacial score (nSPS) is 22.6. The maximum absolute atomic E-state index is 12.4. The first-order valence-electron chi connectivity index (χ1n) is 7.60. The number of hydrogen-bond acceptors (Lipinski definition) is 5. The molecule has 1 unspecified atom stereocenters. The Kier molecular flexibility index (Phi) is 4.06. The highest BCUT2D eigenvalue weighted by Crippen LogP contribution is 2.33. The summed E-state index contributed by atoms with van der Waals surface area (Å²) in [6.45, 7) is 1.44. The van der Waals surface area contributed by atoms with Gasteiger partial charge in [0.05, 0.1) is 22.7 Å². The van der Waals surface area contributed by atoms with Gasteiger partial charge in [-0.25, -0.2) is 8.42 Å². The fourth-order valence-corrected chi connectivity index (χ4v) is 4.80. The number of nitriles is 1. The van der Waals surface area contributed by atoms with Crippen molar-refractivity contribution in [2.75, 3.05) is 25.0 Å². The van der Waals surface area contributed by atoms with Crippen molar-refractivity contribution in [2.24, 2.45) is 0 Å². The van der Waals surface area contributed by atoms with E-state index in [9.17, 15) is 13.7 Å². The van der Waals surface area contributed by atoms with Gasteiger partial charge in [0, 0.05) is 32.4 Å². The van der Waals surface area contributed by atoms with E-state index in [0.29, 0.717) is 12.1 Å². The van der Waals surface area contributed by atoms with Crippen molar-refractivity contribution in [3.63, 3.8) is 0 Å². The second kappa shape index (κ2) is 5.86.